The standard InChI is InChI=1S/C23H41N3O5/c1-4-5-6-7-8-9-10-13-22(27)26(15-12-17-30-3)18-21-25-20(19-31-21)23(28)24-14-11-16-29-2/h19H,4-18H2,1-3H3,(H,24,28). The molecule has 0 unspecified atom stereocenters. The molecular weight excluding hydrogens is 398 g/mol. The highest BCUT2D eigenvalue weighted by Gasteiger charge is 2.18. The number of methoxy groups -OCH3 is 2. The highest BCUT2D eigenvalue weighted by molar-refractivity contribution is 5.91. The number of rotatable bonds is 19. The van der Waals surface area contributed by atoms with Gasteiger partial charge in [0, 0.05) is 46.9 Å². The molecule has 0 aromatic carbocycles. The zero-order valence-electron chi connectivity index (χ0n) is 19.6. The van der Waals surface area contributed by atoms with Gasteiger partial charge >= 0.3 is 0 Å². The first-order valence-electron chi connectivity index (χ1n) is 11.6. The summed E-state index contributed by atoms with van der Waals surface area (Å²) in [5.74, 6) is 0.173. The lowest BCUT2D eigenvalue weighted by molar-refractivity contribution is -0.132. The van der Waals surface area contributed by atoms with E-state index in [0.29, 0.717) is 38.6 Å². The van der Waals surface area contributed by atoms with E-state index < -0.39 is 0 Å². The maximum absolute atomic E-state index is 12.7. The molecule has 0 aliphatic carbocycles. The fourth-order valence-corrected chi connectivity index (χ4v) is 3.24. The van der Waals surface area contributed by atoms with E-state index in [1.54, 1.807) is 19.1 Å². The van der Waals surface area contributed by atoms with Crippen LogP contribution >= 0.6 is 0 Å². The molecule has 0 bridgehead atoms. The van der Waals surface area contributed by atoms with Crippen molar-refractivity contribution in [3.63, 3.8) is 0 Å². The predicted molar refractivity (Wildman–Crippen MR) is 120 cm³/mol. The largest absolute Gasteiger partial charge is 0.446 e. The van der Waals surface area contributed by atoms with E-state index in [2.05, 4.69) is 17.2 Å². The van der Waals surface area contributed by atoms with Crippen molar-refractivity contribution in [2.75, 3.05) is 40.5 Å². The maximum Gasteiger partial charge on any atom is 0.273 e. The Morgan fingerprint density at radius 3 is 2.39 bits per heavy atom. The first-order chi connectivity index (χ1) is 15.1. The van der Waals surface area contributed by atoms with E-state index in [1.807, 2.05) is 0 Å². The molecule has 1 N–H and O–H groups in total. The lowest BCUT2D eigenvalue weighted by Crippen LogP contribution is -2.32. The van der Waals surface area contributed by atoms with Crippen LogP contribution in [0.15, 0.2) is 10.7 Å². The molecule has 0 aliphatic heterocycles. The summed E-state index contributed by atoms with van der Waals surface area (Å²) in [6.45, 7) is 4.72. The van der Waals surface area contributed by atoms with Gasteiger partial charge in [0.25, 0.3) is 5.91 Å². The minimum atomic E-state index is -0.286. The van der Waals surface area contributed by atoms with Crippen molar-refractivity contribution in [3.8, 4) is 0 Å². The Balaban J connectivity index is 2.49. The number of unbranched alkanes of at least 4 members (excludes halogenated alkanes) is 6. The van der Waals surface area contributed by atoms with Crippen LogP contribution in [0, 0.1) is 0 Å². The molecule has 0 fully saturated rings. The van der Waals surface area contributed by atoms with Gasteiger partial charge in [0.15, 0.2) is 5.69 Å². The van der Waals surface area contributed by atoms with E-state index in [9.17, 15) is 9.59 Å². The Bertz CT molecular complexity index is 606. The highest BCUT2D eigenvalue weighted by atomic mass is 16.5. The molecule has 0 aliphatic rings. The van der Waals surface area contributed by atoms with E-state index in [4.69, 9.17) is 13.9 Å². The molecule has 1 heterocycles. The topological polar surface area (TPSA) is 93.9 Å². The number of hydrogen-bond donors (Lipinski definition) is 1. The number of hydrogen-bond acceptors (Lipinski definition) is 6. The van der Waals surface area contributed by atoms with Crippen LogP contribution in [0.3, 0.4) is 0 Å². The van der Waals surface area contributed by atoms with Crippen LogP contribution in [-0.4, -0.2) is 62.2 Å². The van der Waals surface area contributed by atoms with Crippen LogP contribution in [0.5, 0.6) is 0 Å². The number of amides is 2. The van der Waals surface area contributed by atoms with Crippen molar-refractivity contribution in [1.29, 1.82) is 0 Å². The lowest BCUT2D eigenvalue weighted by atomic mass is 10.1. The summed E-state index contributed by atoms with van der Waals surface area (Å²) in [4.78, 5) is 30.9. The Kier molecular flexibility index (Phi) is 15.5. The third-order valence-corrected chi connectivity index (χ3v) is 5.04. The third-order valence-electron chi connectivity index (χ3n) is 5.04. The highest BCUT2D eigenvalue weighted by Crippen LogP contribution is 2.12. The Labute approximate surface area is 187 Å². The first-order valence-corrected chi connectivity index (χ1v) is 11.6. The Morgan fingerprint density at radius 2 is 1.68 bits per heavy atom. The van der Waals surface area contributed by atoms with Crippen LogP contribution < -0.4 is 5.32 Å². The molecule has 178 valence electrons. The van der Waals surface area contributed by atoms with Gasteiger partial charge in [-0.05, 0) is 19.3 Å². The van der Waals surface area contributed by atoms with E-state index >= 15 is 0 Å². The summed E-state index contributed by atoms with van der Waals surface area (Å²) in [6.07, 6.45) is 11.5. The minimum Gasteiger partial charge on any atom is -0.446 e. The molecule has 8 heteroatoms. The molecular formula is C23H41N3O5. The summed E-state index contributed by atoms with van der Waals surface area (Å²) in [5.41, 5.74) is 0.226. The molecule has 8 nitrogen and oxygen atoms in total. The number of aromatic nitrogens is 1. The molecule has 31 heavy (non-hydrogen) atoms. The van der Waals surface area contributed by atoms with Crippen LogP contribution in [0.2, 0.25) is 0 Å². The summed E-state index contributed by atoms with van der Waals surface area (Å²) in [7, 11) is 3.27. The Morgan fingerprint density at radius 1 is 1.00 bits per heavy atom. The maximum atomic E-state index is 12.7. The van der Waals surface area contributed by atoms with Gasteiger partial charge in [-0.2, -0.15) is 0 Å². The number of nitrogens with one attached hydrogen (secondary N) is 1. The van der Waals surface area contributed by atoms with E-state index in [-0.39, 0.29) is 24.1 Å². The van der Waals surface area contributed by atoms with Crippen LogP contribution in [0.1, 0.15) is 87.5 Å². The van der Waals surface area contributed by atoms with Gasteiger partial charge in [-0.1, -0.05) is 45.4 Å². The number of ether oxygens (including phenoxy) is 2. The van der Waals surface area contributed by atoms with Gasteiger partial charge in [0.05, 0.1) is 6.54 Å². The molecule has 1 aromatic rings. The zero-order valence-corrected chi connectivity index (χ0v) is 19.6. The van der Waals surface area contributed by atoms with Crippen LogP contribution in [0.25, 0.3) is 0 Å². The average Bonchev–Trinajstić information content (AvgIpc) is 3.24. The SMILES string of the molecule is CCCCCCCCCC(=O)N(CCCOC)Cc1nc(C(=O)NCCCOC)co1. The zero-order chi connectivity index (χ0) is 22.7. The van der Waals surface area contributed by atoms with E-state index in [0.717, 1.165) is 25.7 Å². The average molecular weight is 440 g/mol. The smallest absolute Gasteiger partial charge is 0.273 e. The van der Waals surface area contributed by atoms with Gasteiger partial charge in [-0.15, -0.1) is 0 Å². The summed E-state index contributed by atoms with van der Waals surface area (Å²) >= 11 is 0. The molecule has 0 radical (unpaired) electrons. The van der Waals surface area contributed by atoms with Gasteiger partial charge in [-0.3, -0.25) is 9.59 Å². The summed E-state index contributed by atoms with van der Waals surface area (Å²) in [5, 5.41) is 2.78. The third kappa shape index (κ3) is 12.5. The lowest BCUT2D eigenvalue weighted by Gasteiger charge is -2.21. The molecule has 0 atom stereocenters. The number of carbonyl (C=O) groups excluding carboxylic acids is 2. The fourth-order valence-electron chi connectivity index (χ4n) is 3.24. The van der Waals surface area contributed by atoms with Gasteiger partial charge in [0.1, 0.15) is 6.26 Å². The van der Waals surface area contributed by atoms with Crippen molar-refractivity contribution in [1.82, 2.24) is 15.2 Å². The summed E-state index contributed by atoms with van der Waals surface area (Å²) < 4.78 is 15.5. The molecule has 1 rings (SSSR count). The Hall–Kier alpha value is -1.93. The van der Waals surface area contributed by atoms with Crippen molar-refractivity contribution < 1.29 is 23.5 Å². The number of nitrogens with zero attached hydrogens (tertiary/aromatic N) is 2. The van der Waals surface area contributed by atoms with Gasteiger partial charge in [0.2, 0.25) is 11.8 Å². The van der Waals surface area contributed by atoms with Crippen molar-refractivity contribution >= 4 is 11.8 Å². The predicted octanol–water partition coefficient (Wildman–Crippen LogP) is 3.95. The monoisotopic (exact) mass is 439 g/mol. The second-order valence-electron chi connectivity index (χ2n) is 7.76. The normalized spacial score (nSPS) is 10.9. The second-order valence-corrected chi connectivity index (χ2v) is 7.76. The molecule has 0 saturated heterocycles. The second kappa shape index (κ2) is 17.7. The molecule has 0 saturated carbocycles. The number of carbonyl (C=O) groups is 2. The fraction of sp³-hybridized carbons (Fsp3) is 0.783. The van der Waals surface area contributed by atoms with Crippen LogP contribution in [0.4, 0.5) is 0 Å². The van der Waals surface area contributed by atoms with E-state index in [1.165, 1.54) is 38.4 Å². The molecule has 1 aromatic heterocycles. The van der Waals surface area contributed by atoms with Gasteiger partial charge in [-0.25, -0.2) is 4.98 Å². The van der Waals surface area contributed by atoms with Crippen molar-refractivity contribution in [2.45, 2.75) is 77.7 Å². The van der Waals surface area contributed by atoms with Crippen molar-refractivity contribution in [3.05, 3.63) is 17.8 Å². The van der Waals surface area contributed by atoms with Gasteiger partial charge < -0.3 is 24.1 Å². The first kappa shape index (κ1) is 27.1. The summed E-state index contributed by atoms with van der Waals surface area (Å²) in [6, 6.07) is 0. The number of oxazole rings is 1. The van der Waals surface area contributed by atoms with Crippen LogP contribution in [-0.2, 0) is 20.8 Å². The molecule has 2 amide bonds. The minimum absolute atomic E-state index is 0.0911. The quantitative estimate of drug-likeness (QED) is 0.328. The molecule has 0 spiro atoms. The van der Waals surface area contributed by atoms with Crippen molar-refractivity contribution in [2.24, 2.45) is 0 Å².